The van der Waals surface area contributed by atoms with Crippen LogP contribution in [0.1, 0.15) is 5.56 Å². The van der Waals surface area contributed by atoms with Crippen LogP contribution in [-0.2, 0) is 9.59 Å². The number of ether oxygens (including phenoxy) is 2. The third kappa shape index (κ3) is 5.90. The van der Waals surface area contributed by atoms with Gasteiger partial charge < -0.3 is 19.7 Å². The Labute approximate surface area is 162 Å². The van der Waals surface area contributed by atoms with Gasteiger partial charge in [0.1, 0.15) is 11.5 Å². The Morgan fingerprint density at radius 1 is 1.26 bits per heavy atom. The molecule has 0 saturated heterocycles. The molecular formula is C19H18ClN3O4. The minimum atomic E-state index is -0.405. The van der Waals surface area contributed by atoms with Crippen molar-refractivity contribution in [1.29, 1.82) is 5.26 Å². The summed E-state index contributed by atoms with van der Waals surface area (Å²) < 4.78 is 10.5. The number of nitrogens with zero attached hydrogens (tertiary/aromatic N) is 2. The summed E-state index contributed by atoms with van der Waals surface area (Å²) in [5.41, 5.74) is 0.851. The number of rotatable bonds is 7. The highest BCUT2D eigenvalue weighted by molar-refractivity contribution is 6.31. The van der Waals surface area contributed by atoms with Crippen LogP contribution in [0.4, 0.5) is 5.69 Å². The molecule has 0 bridgehead atoms. The van der Waals surface area contributed by atoms with E-state index in [0.717, 1.165) is 0 Å². The van der Waals surface area contributed by atoms with E-state index < -0.39 is 5.91 Å². The van der Waals surface area contributed by atoms with Crippen molar-refractivity contribution in [3.8, 4) is 17.6 Å². The van der Waals surface area contributed by atoms with Crippen molar-refractivity contribution in [3.63, 3.8) is 0 Å². The third-order valence-corrected chi connectivity index (χ3v) is 3.80. The van der Waals surface area contributed by atoms with Gasteiger partial charge in [0.2, 0.25) is 5.91 Å². The number of hydrogen-bond acceptors (Lipinski definition) is 5. The summed E-state index contributed by atoms with van der Waals surface area (Å²) in [4.78, 5) is 25.6. The largest absolute Gasteiger partial charge is 0.495 e. The van der Waals surface area contributed by atoms with Crippen LogP contribution in [0.5, 0.6) is 11.5 Å². The van der Waals surface area contributed by atoms with Crippen molar-refractivity contribution in [1.82, 2.24) is 4.90 Å². The van der Waals surface area contributed by atoms with Crippen LogP contribution < -0.4 is 14.8 Å². The molecule has 0 radical (unpaired) electrons. The van der Waals surface area contributed by atoms with Crippen LogP contribution in [0.25, 0.3) is 0 Å². The third-order valence-electron chi connectivity index (χ3n) is 3.57. The lowest BCUT2D eigenvalue weighted by Gasteiger charge is -2.18. The second-order valence-corrected chi connectivity index (χ2v) is 6.01. The summed E-state index contributed by atoms with van der Waals surface area (Å²) in [5, 5.41) is 12.0. The first kappa shape index (κ1) is 20.1. The average molecular weight is 388 g/mol. The van der Waals surface area contributed by atoms with Crippen LogP contribution in [0.3, 0.4) is 0 Å². The molecule has 0 aliphatic rings. The maximum absolute atomic E-state index is 12.2. The summed E-state index contributed by atoms with van der Waals surface area (Å²) in [6.07, 6.45) is 0. The number of carbonyl (C=O) groups excluding carboxylic acids is 2. The van der Waals surface area contributed by atoms with Crippen molar-refractivity contribution in [2.75, 3.05) is 32.6 Å². The second-order valence-electron chi connectivity index (χ2n) is 5.57. The van der Waals surface area contributed by atoms with Gasteiger partial charge in [-0.2, -0.15) is 5.26 Å². The number of nitriles is 1. The molecule has 2 aromatic rings. The molecule has 0 fully saturated rings. The molecule has 8 heteroatoms. The predicted molar refractivity (Wildman–Crippen MR) is 101 cm³/mol. The number of anilines is 1. The molecule has 0 spiro atoms. The lowest BCUT2D eigenvalue weighted by Crippen LogP contribution is -2.37. The monoisotopic (exact) mass is 387 g/mol. The molecule has 2 aromatic carbocycles. The van der Waals surface area contributed by atoms with Crippen molar-refractivity contribution in [2.24, 2.45) is 0 Å². The van der Waals surface area contributed by atoms with Gasteiger partial charge in [0.25, 0.3) is 5.91 Å². The number of amides is 2. The van der Waals surface area contributed by atoms with E-state index in [9.17, 15) is 9.59 Å². The van der Waals surface area contributed by atoms with E-state index >= 15 is 0 Å². The summed E-state index contributed by atoms with van der Waals surface area (Å²) in [6, 6.07) is 13.3. The first-order valence-corrected chi connectivity index (χ1v) is 8.31. The van der Waals surface area contributed by atoms with E-state index in [0.29, 0.717) is 27.8 Å². The highest BCUT2D eigenvalue weighted by Crippen LogP contribution is 2.27. The molecule has 27 heavy (non-hydrogen) atoms. The van der Waals surface area contributed by atoms with E-state index in [1.807, 2.05) is 6.07 Å². The van der Waals surface area contributed by atoms with E-state index in [2.05, 4.69) is 5.32 Å². The maximum atomic E-state index is 12.2. The number of likely N-dealkylation sites (N-methyl/N-ethyl adjacent to an activating group) is 1. The number of benzene rings is 2. The molecule has 0 aliphatic heterocycles. The molecule has 0 saturated carbocycles. The van der Waals surface area contributed by atoms with E-state index in [4.69, 9.17) is 26.3 Å². The molecule has 0 aliphatic carbocycles. The second kappa shape index (κ2) is 9.46. The van der Waals surface area contributed by atoms with Crippen LogP contribution in [0.2, 0.25) is 5.02 Å². The van der Waals surface area contributed by atoms with Crippen molar-refractivity contribution in [2.45, 2.75) is 0 Å². The van der Waals surface area contributed by atoms with Gasteiger partial charge in [-0.1, -0.05) is 17.7 Å². The fourth-order valence-corrected chi connectivity index (χ4v) is 2.35. The quantitative estimate of drug-likeness (QED) is 0.788. The molecule has 2 rings (SSSR count). The number of nitrogens with one attached hydrogen (secondary N) is 1. The first-order valence-electron chi connectivity index (χ1n) is 7.93. The Kier molecular flexibility index (Phi) is 7.03. The predicted octanol–water partition coefficient (Wildman–Crippen LogP) is 2.70. The Bertz CT molecular complexity index is 879. The van der Waals surface area contributed by atoms with Crippen LogP contribution in [-0.4, -0.2) is 44.0 Å². The lowest BCUT2D eigenvalue weighted by molar-refractivity contribution is -0.135. The number of methoxy groups -OCH3 is 1. The Balaban J connectivity index is 1.89. The number of halogens is 1. The van der Waals surface area contributed by atoms with E-state index in [1.165, 1.54) is 25.1 Å². The summed E-state index contributed by atoms with van der Waals surface area (Å²) >= 11 is 5.93. The fraction of sp³-hybridized carbons (Fsp3) is 0.211. The summed E-state index contributed by atoms with van der Waals surface area (Å²) in [7, 11) is 2.97. The van der Waals surface area contributed by atoms with Crippen LogP contribution in [0, 0.1) is 11.3 Å². The minimum Gasteiger partial charge on any atom is -0.495 e. The normalized spacial score (nSPS) is 9.85. The zero-order valence-corrected chi connectivity index (χ0v) is 15.6. The van der Waals surface area contributed by atoms with E-state index in [-0.39, 0.29) is 19.1 Å². The molecule has 0 heterocycles. The van der Waals surface area contributed by atoms with Gasteiger partial charge in [0.15, 0.2) is 6.61 Å². The van der Waals surface area contributed by atoms with Gasteiger partial charge in [-0.25, -0.2) is 0 Å². The fourth-order valence-electron chi connectivity index (χ4n) is 2.18. The minimum absolute atomic E-state index is 0.171. The SMILES string of the molecule is COc1ccc(Cl)cc1NC(=O)CN(C)C(=O)COc1cccc(C#N)c1. The smallest absolute Gasteiger partial charge is 0.260 e. The lowest BCUT2D eigenvalue weighted by atomic mass is 10.2. The highest BCUT2D eigenvalue weighted by Gasteiger charge is 2.15. The Hall–Kier alpha value is -3.24. The average Bonchev–Trinajstić information content (AvgIpc) is 2.66. The van der Waals surface area contributed by atoms with Gasteiger partial charge in [0, 0.05) is 12.1 Å². The standard InChI is InChI=1S/C19H18ClN3O4/c1-23(19(25)12-27-15-5-3-4-13(8-15)10-21)11-18(24)22-16-9-14(20)6-7-17(16)26-2/h3-9H,11-12H2,1-2H3,(H,22,24). The van der Waals surface area contributed by atoms with Crippen LogP contribution in [0.15, 0.2) is 42.5 Å². The van der Waals surface area contributed by atoms with Gasteiger partial charge >= 0.3 is 0 Å². The highest BCUT2D eigenvalue weighted by atomic mass is 35.5. The van der Waals surface area contributed by atoms with Gasteiger partial charge in [-0.15, -0.1) is 0 Å². The Morgan fingerprint density at radius 3 is 2.74 bits per heavy atom. The molecule has 7 nitrogen and oxygen atoms in total. The van der Waals surface area contributed by atoms with Gasteiger partial charge in [-0.3, -0.25) is 9.59 Å². The van der Waals surface area contributed by atoms with Crippen molar-refractivity contribution < 1.29 is 19.1 Å². The summed E-state index contributed by atoms with van der Waals surface area (Å²) in [5.74, 6) is 0.0785. The Morgan fingerprint density at radius 2 is 2.04 bits per heavy atom. The molecule has 0 atom stereocenters. The molecule has 2 amide bonds. The van der Waals surface area contributed by atoms with Gasteiger partial charge in [-0.05, 0) is 36.4 Å². The molecule has 140 valence electrons. The van der Waals surface area contributed by atoms with Crippen LogP contribution >= 0.6 is 11.6 Å². The topological polar surface area (TPSA) is 91.7 Å². The number of carbonyl (C=O) groups is 2. The van der Waals surface area contributed by atoms with E-state index in [1.54, 1.807) is 36.4 Å². The molecule has 1 N–H and O–H groups in total. The first-order chi connectivity index (χ1) is 12.9. The molecule has 0 aromatic heterocycles. The molecular weight excluding hydrogens is 370 g/mol. The van der Waals surface area contributed by atoms with Gasteiger partial charge in [0.05, 0.1) is 31.0 Å². The van der Waals surface area contributed by atoms with Crippen molar-refractivity contribution in [3.05, 3.63) is 53.1 Å². The summed E-state index contributed by atoms with van der Waals surface area (Å²) in [6.45, 7) is -0.421. The zero-order valence-electron chi connectivity index (χ0n) is 14.9. The number of hydrogen-bond donors (Lipinski definition) is 1. The van der Waals surface area contributed by atoms with Crippen molar-refractivity contribution >= 4 is 29.1 Å². The molecule has 0 unspecified atom stereocenters. The zero-order chi connectivity index (χ0) is 19.8. The maximum Gasteiger partial charge on any atom is 0.260 e.